The number of aliphatic imine (C=N–C) groups is 1. The number of nitrogens with one attached hydrogen (secondary N) is 2. The molecule has 1 aliphatic carbocycles. The van der Waals surface area contributed by atoms with Crippen molar-refractivity contribution >= 4 is 35.3 Å². The van der Waals surface area contributed by atoms with Crippen LogP contribution in [0.4, 0.5) is 17.3 Å². The molecule has 4 N–H and O–H groups in total. The maximum atomic E-state index is 12.9. The third-order valence-corrected chi connectivity index (χ3v) is 7.04. The molecule has 1 amide bonds. The Balaban J connectivity index is 1.44. The van der Waals surface area contributed by atoms with E-state index in [0.29, 0.717) is 23.9 Å². The van der Waals surface area contributed by atoms with Gasteiger partial charge in [0.05, 0.1) is 17.4 Å². The van der Waals surface area contributed by atoms with Crippen LogP contribution in [0.1, 0.15) is 41.7 Å². The van der Waals surface area contributed by atoms with Gasteiger partial charge in [0, 0.05) is 45.3 Å². The first-order valence-electron chi connectivity index (χ1n) is 11.7. The van der Waals surface area contributed by atoms with Crippen LogP contribution >= 0.6 is 0 Å². The number of nitrogens with zero attached hydrogens (tertiary/aromatic N) is 5. The SMILES string of the molecule is C=Cc1cc2n(c1N=C(N)Nc1ccc(N3CCNCC3)cn1)C1(CCCC1)CN(C)C2=O. The molecule has 33 heavy (non-hydrogen) atoms. The highest BCUT2D eigenvalue weighted by Crippen LogP contribution is 2.45. The molecule has 1 saturated carbocycles. The molecule has 3 aliphatic rings. The number of hydrogen-bond acceptors (Lipinski definition) is 5. The largest absolute Gasteiger partial charge is 0.369 e. The van der Waals surface area contributed by atoms with E-state index < -0.39 is 0 Å². The molecule has 0 bridgehead atoms. The van der Waals surface area contributed by atoms with E-state index in [9.17, 15) is 4.79 Å². The van der Waals surface area contributed by atoms with Crippen LogP contribution in [0.25, 0.3) is 6.08 Å². The highest BCUT2D eigenvalue weighted by Gasteiger charge is 2.45. The average Bonchev–Trinajstić information content (AvgIpc) is 3.44. The van der Waals surface area contributed by atoms with Crippen LogP contribution in [0.5, 0.6) is 0 Å². The Kier molecular flexibility index (Phi) is 5.57. The molecular formula is C24H32N8O. The van der Waals surface area contributed by atoms with E-state index in [1.807, 2.05) is 36.3 Å². The van der Waals surface area contributed by atoms with E-state index in [1.54, 1.807) is 6.08 Å². The van der Waals surface area contributed by atoms with Gasteiger partial charge in [-0.1, -0.05) is 25.5 Å². The summed E-state index contributed by atoms with van der Waals surface area (Å²) in [5, 5.41) is 6.47. The van der Waals surface area contributed by atoms with Crippen molar-refractivity contribution in [3.63, 3.8) is 0 Å². The van der Waals surface area contributed by atoms with E-state index in [2.05, 4.69) is 31.7 Å². The topological polar surface area (TPSA) is 104 Å². The number of guanidine groups is 1. The maximum Gasteiger partial charge on any atom is 0.270 e. The van der Waals surface area contributed by atoms with Crippen LogP contribution in [0.3, 0.4) is 0 Å². The van der Waals surface area contributed by atoms with Crippen LogP contribution in [0, 0.1) is 0 Å². The van der Waals surface area contributed by atoms with Crippen molar-refractivity contribution < 1.29 is 4.79 Å². The Morgan fingerprint density at radius 1 is 1.30 bits per heavy atom. The lowest BCUT2D eigenvalue weighted by atomic mass is 9.93. The monoisotopic (exact) mass is 448 g/mol. The zero-order chi connectivity index (χ0) is 23.0. The second kappa shape index (κ2) is 8.55. The number of hydrogen-bond donors (Lipinski definition) is 3. The summed E-state index contributed by atoms with van der Waals surface area (Å²) < 4.78 is 2.12. The van der Waals surface area contributed by atoms with Gasteiger partial charge in [0.2, 0.25) is 5.96 Å². The quantitative estimate of drug-likeness (QED) is 0.490. The van der Waals surface area contributed by atoms with Gasteiger partial charge >= 0.3 is 0 Å². The molecule has 2 aromatic rings. The molecular weight excluding hydrogens is 416 g/mol. The molecule has 1 spiro atoms. The van der Waals surface area contributed by atoms with Gasteiger partial charge in [0.15, 0.2) is 0 Å². The molecule has 0 aromatic carbocycles. The predicted molar refractivity (Wildman–Crippen MR) is 132 cm³/mol. The fraction of sp³-hybridized carbons (Fsp3) is 0.458. The van der Waals surface area contributed by atoms with Crippen LogP contribution in [-0.2, 0) is 5.54 Å². The van der Waals surface area contributed by atoms with Crippen molar-refractivity contribution in [2.75, 3.05) is 50.0 Å². The van der Waals surface area contributed by atoms with E-state index in [-0.39, 0.29) is 17.4 Å². The van der Waals surface area contributed by atoms with Crippen molar-refractivity contribution in [1.29, 1.82) is 0 Å². The third-order valence-electron chi connectivity index (χ3n) is 7.04. The number of carbonyl (C=O) groups excluding carboxylic acids is 1. The summed E-state index contributed by atoms with van der Waals surface area (Å²) in [7, 11) is 1.88. The summed E-state index contributed by atoms with van der Waals surface area (Å²) >= 11 is 0. The lowest BCUT2D eigenvalue weighted by Crippen LogP contribution is -2.50. The fourth-order valence-electron chi connectivity index (χ4n) is 5.46. The number of aromatic nitrogens is 2. The number of fused-ring (bicyclic) bond motifs is 2. The normalized spacial score (nSPS) is 20.3. The summed E-state index contributed by atoms with van der Waals surface area (Å²) in [4.78, 5) is 26.3. The second-order valence-electron chi connectivity index (χ2n) is 9.20. The average molecular weight is 449 g/mol. The molecule has 0 atom stereocenters. The van der Waals surface area contributed by atoms with E-state index in [0.717, 1.165) is 63.1 Å². The fourth-order valence-corrected chi connectivity index (χ4v) is 5.46. The second-order valence-corrected chi connectivity index (χ2v) is 9.20. The minimum Gasteiger partial charge on any atom is -0.369 e. The van der Waals surface area contributed by atoms with Crippen molar-refractivity contribution in [2.45, 2.75) is 31.2 Å². The third kappa shape index (κ3) is 3.86. The number of anilines is 2. The summed E-state index contributed by atoms with van der Waals surface area (Å²) in [5.41, 5.74) is 8.75. The summed E-state index contributed by atoms with van der Waals surface area (Å²) in [6.45, 7) is 8.54. The van der Waals surface area contributed by atoms with Crippen molar-refractivity contribution in [1.82, 2.24) is 19.8 Å². The Morgan fingerprint density at radius 3 is 2.73 bits per heavy atom. The zero-order valence-electron chi connectivity index (χ0n) is 19.2. The van der Waals surface area contributed by atoms with E-state index >= 15 is 0 Å². The molecule has 9 heteroatoms. The van der Waals surface area contributed by atoms with Gasteiger partial charge in [-0.3, -0.25) is 4.79 Å². The van der Waals surface area contributed by atoms with Crippen LogP contribution < -0.4 is 21.3 Å². The van der Waals surface area contributed by atoms with Crippen LogP contribution in [0.15, 0.2) is 36.0 Å². The van der Waals surface area contributed by atoms with Crippen LogP contribution in [-0.4, -0.2) is 66.1 Å². The minimum absolute atomic E-state index is 0.00812. The van der Waals surface area contributed by atoms with E-state index in [1.165, 1.54) is 0 Å². The number of piperazine rings is 1. The standard InChI is InChI=1S/C24H32N8O/c1-3-17-14-19-22(33)30(2)16-24(8-4-5-9-24)32(19)21(17)29-23(25)28-20-7-6-18(15-27-20)31-12-10-26-11-13-31/h3,6-7,14-15,26H,1,4-5,8-13,16H2,2H3,(H3,25,27,28,29). The molecule has 0 radical (unpaired) electrons. The molecule has 2 fully saturated rings. The first-order valence-corrected chi connectivity index (χ1v) is 11.7. The van der Waals surface area contributed by atoms with Gasteiger partial charge in [-0.15, -0.1) is 0 Å². The lowest BCUT2D eigenvalue weighted by Gasteiger charge is -2.41. The van der Waals surface area contributed by atoms with Gasteiger partial charge in [-0.25, -0.2) is 4.98 Å². The van der Waals surface area contributed by atoms with Gasteiger partial charge in [0.25, 0.3) is 5.91 Å². The molecule has 0 unspecified atom stereocenters. The molecule has 174 valence electrons. The minimum atomic E-state index is -0.137. The van der Waals surface area contributed by atoms with E-state index in [4.69, 9.17) is 10.7 Å². The van der Waals surface area contributed by atoms with Crippen molar-refractivity contribution in [2.24, 2.45) is 10.7 Å². The van der Waals surface area contributed by atoms with Crippen molar-refractivity contribution in [3.8, 4) is 0 Å². The first-order chi connectivity index (χ1) is 16.0. The van der Waals surface area contributed by atoms with Gasteiger partial charge in [-0.05, 0) is 31.0 Å². The highest BCUT2D eigenvalue weighted by atomic mass is 16.2. The molecule has 4 heterocycles. The molecule has 5 rings (SSSR count). The summed E-state index contributed by atoms with van der Waals surface area (Å²) in [6, 6.07) is 5.85. The summed E-state index contributed by atoms with van der Waals surface area (Å²) in [5.74, 6) is 1.56. The first kappa shape index (κ1) is 21.5. The summed E-state index contributed by atoms with van der Waals surface area (Å²) in [6.07, 6.45) is 7.93. The Bertz CT molecular complexity index is 1070. The van der Waals surface area contributed by atoms with Gasteiger partial charge in [0.1, 0.15) is 17.3 Å². The maximum absolute atomic E-state index is 12.9. The Labute approximate surface area is 194 Å². The number of rotatable bonds is 4. The number of likely N-dealkylation sites (N-methyl/N-ethyl adjacent to an activating group) is 1. The molecule has 9 nitrogen and oxygen atoms in total. The Morgan fingerprint density at radius 2 is 2.06 bits per heavy atom. The molecule has 1 saturated heterocycles. The number of carbonyl (C=O) groups is 1. The van der Waals surface area contributed by atoms with Gasteiger partial charge in [-0.2, -0.15) is 4.99 Å². The molecule has 2 aliphatic heterocycles. The van der Waals surface area contributed by atoms with Crippen LogP contribution in [0.2, 0.25) is 0 Å². The zero-order valence-corrected chi connectivity index (χ0v) is 19.2. The number of pyridine rings is 1. The number of amides is 1. The highest BCUT2D eigenvalue weighted by molar-refractivity contribution is 5.98. The van der Waals surface area contributed by atoms with Crippen molar-refractivity contribution in [3.05, 3.63) is 42.2 Å². The van der Waals surface area contributed by atoms with Gasteiger partial charge < -0.3 is 30.7 Å². The predicted octanol–water partition coefficient (Wildman–Crippen LogP) is 2.35. The molecule has 2 aromatic heterocycles. The Hall–Kier alpha value is -3.33. The lowest BCUT2D eigenvalue weighted by molar-refractivity contribution is 0.0622. The smallest absolute Gasteiger partial charge is 0.270 e. The number of nitrogens with two attached hydrogens (primary N) is 1.